The Morgan fingerprint density at radius 1 is 1.21 bits per heavy atom. The average molecular weight is 253 g/mol. The molecular weight excluding hydrogens is 234 g/mol. The zero-order chi connectivity index (χ0) is 13.1. The number of anilines is 1. The van der Waals surface area contributed by atoms with Crippen molar-refractivity contribution in [3.05, 3.63) is 59.9 Å². The van der Waals surface area contributed by atoms with Gasteiger partial charge in [-0.05, 0) is 30.0 Å². The summed E-state index contributed by atoms with van der Waals surface area (Å²) in [5.74, 6) is 0. The topological polar surface area (TPSA) is 42.1 Å². The monoisotopic (exact) mass is 253 g/mol. The predicted molar refractivity (Wildman–Crippen MR) is 77.9 cm³/mol. The summed E-state index contributed by atoms with van der Waals surface area (Å²) in [5.41, 5.74) is 9.60. The van der Waals surface area contributed by atoms with E-state index in [2.05, 4.69) is 40.2 Å². The molecular formula is C16H19N3. The highest BCUT2D eigenvalue weighted by Crippen LogP contribution is 2.37. The zero-order valence-corrected chi connectivity index (χ0v) is 11.0. The van der Waals surface area contributed by atoms with Gasteiger partial charge in [-0.15, -0.1) is 0 Å². The maximum Gasteiger partial charge on any atom is 0.0603 e. The molecule has 2 heterocycles. The molecule has 1 aromatic heterocycles. The van der Waals surface area contributed by atoms with Gasteiger partial charge in [0.2, 0.25) is 0 Å². The lowest BCUT2D eigenvalue weighted by Crippen LogP contribution is -2.24. The first-order valence-corrected chi connectivity index (χ1v) is 6.84. The van der Waals surface area contributed by atoms with E-state index in [1.165, 1.54) is 29.7 Å². The van der Waals surface area contributed by atoms with E-state index in [-0.39, 0.29) is 0 Å². The van der Waals surface area contributed by atoms with Crippen molar-refractivity contribution in [1.29, 1.82) is 0 Å². The van der Waals surface area contributed by atoms with Crippen LogP contribution in [0.15, 0.2) is 48.8 Å². The molecule has 2 N–H and O–H groups in total. The molecule has 0 radical (unpaired) electrons. The molecule has 1 aliphatic rings. The minimum atomic E-state index is 0.454. The maximum absolute atomic E-state index is 5.85. The van der Waals surface area contributed by atoms with Gasteiger partial charge in [0.05, 0.1) is 17.9 Å². The molecule has 0 amide bonds. The van der Waals surface area contributed by atoms with Crippen molar-refractivity contribution >= 4 is 5.69 Å². The largest absolute Gasteiger partial charge is 0.363 e. The quantitative estimate of drug-likeness (QED) is 0.914. The second kappa shape index (κ2) is 5.41. The van der Waals surface area contributed by atoms with E-state index in [9.17, 15) is 0 Å². The second-order valence-electron chi connectivity index (χ2n) is 4.97. The van der Waals surface area contributed by atoms with Gasteiger partial charge in [-0.1, -0.05) is 30.3 Å². The fourth-order valence-corrected chi connectivity index (χ4v) is 2.92. The van der Waals surface area contributed by atoms with E-state index in [1.54, 1.807) is 0 Å². The summed E-state index contributed by atoms with van der Waals surface area (Å²) in [7, 11) is 0. The van der Waals surface area contributed by atoms with Gasteiger partial charge in [0.15, 0.2) is 0 Å². The van der Waals surface area contributed by atoms with E-state index in [0.717, 1.165) is 6.54 Å². The summed E-state index contributed by atoms with van der Waals surface area (Å²) in [6.45, 7) is 1.65. The lowest BCUT2D eigenvalue weighted by atomic mass is 10.0. The van der Waals surface area contributed by atoms with Gasteiger partial charge in [-0.25, -0.2) is 0 Å². The van der Waals surface area contributed by atoms with Crippen molar-refractivity contribution < 1.29 is 0 Å². The van der Waals surface area contributed by atoms with Crippen LogP contribution < -0.4 is 10.6 Å². The van der Waals surface area contributed by atoms with E-state index in [4.69, 9.17) is 5.73 Å². The third-order valence-electron chi connectivity index (χ3n) is 3.85. The minimum absolute atomic E-state index is 0.454. The molecule has 0 bridgehead atoms. The normalized spacial score (nSPS) is 18.8. The summed E-state index contributed by atoms with van der Waals surface area (Å²) < 4.78 is 0. The molecule has 1 atom stereocenters. The summed E-state index contributed by atoms with van der Waals surface area (Å²) in [6.07, 6.45) is 6.18. The third-order valence-corrected chi connectivity index (χ3v) is 3.85. The van der Waals surface area contributed by atoms with Crippen molar-refractivity contribution in [2.24, 2.45) is 5.73 Å². The number of hydrogen-bond donors (Lipinski definition) is 1. The molecule has 1 unspecified atom stereocenters. The van der Waals surface area contributed by atoms with Crippen LogP contribution in [0.5, 0.6) is 0 Å². The molecule has 1 aliphatic heterocycles. The number of rotatable bonds is 3. The number of hydrogen-bond acceptors (Lipinski definition) is 3. The lowest BCUT2D eigenvalue weighted by Gasteiger charge is -2.28. The molecule has 0 spiro atoms. The molecule has 2 aromatic rings. The van der Waals surface area contributed by atoms with E-state index in [0.29, 0.717) is 12.6 Å². The van der Waals surface area contributed by atoms with Crippen molar-refractivity contribution in [1.82, 2.24) is 4.98 Å². The van der Waals surface area contributed by atoms with E-state index < -0.39 is 0 Å². The van der Waals surface area contributed by atoms with Gasteiger partial charge in [-0.2, -0.15) is 0 Å². The Morgan fingerprint density at radius 3 is 2.84 bits per heavy atom. The highest BCUT2D eigenvalue weighted by molar-refractivity contribution is 5.54. The molecule has 98 valence electrons. The number of nitrogens with zero attached hydrogens (tertiary/aromatic N) is 2. The van der Waals surface area contributed by atoms with Crippen molar-refractivity contribution in [3.63, 3.8) is 0 Å². The molecule has 1 saturated heterocycles. The fraction of sp³-hybridized carbons (Fsp3) is 0.312. The minimum Gasteiger partial charge on any atom is -0.363 e. The number of benzene rings is 1. The van der Waals surface area contributed by atoms with Crippen molar-refractivity contribution in [3.8, 4) is 0 Å². The number of aromatic nitrogens is 1. The first-order valence-electron chi connectivity index (χ1n) is 6.84. The predicted octanol–water partition coefficient (Wildman–Crippen LogP) is 2.88. The summed E-state index contributed by atoms with van der Waals surface area (Å²) >= 11 is 0. The molecule has 3 rings (SSSR count). The number of nitrogens with two attached hydrogens (primary N) is 1. The molecule has 3 nitrogen and oxygen atoms in total. The Morgan fingerprint density at radius 2 is 2.05 bits per heavy atom. The van der Waals surface area contributed by atoms with Gasteiger partial charge in [0.1, 0.15) is 0 Å². The van der Waals surface area contributed by atoms with Gasteiger partial charge < -0.3 is 10.6 Å². The molecule has 1 fully saturated rings. The zero-order valence-electron chi connectivity index (χ0n) is 11.0. The van der Waals surface area contributed by atoms with Crippen LogP contribution in [0.2, 0.25) is 0 Å². The van der Waals surface area contributed by atoms with Crippen molar-refractivity contribution in [2.45, 2.75) is 25.4 Å². The highest BCUT2D eigenvalue weighted by Gasteiger charge is 2.27. The molecule has 3 heteroatoms. The summed E-state index contributed by atoms with van der Waals surface area (Å²) in [6, 6.07) is 13.2. The second-order valence-corrected chi connectivity index (χ2v) is 4.97. The van der Waals surface area contributed by atoms with Crippen LogP contribution in [-0.4, -0.2) is 11.5 Å². The van der Waals surface area contributed by atoms with Crippen LogP contribution in [0.3, 0.4) is 0 Å². The van der Waals surface area contributed by atoms with Crippen LogP contribution in [-0.2, 0) is 6.54 Å². The standard InChI is InChI=1S/C16H19N3/c17-11-14-8-9-18-12-16(14)19-10-4-7-15(19)13-5-2-1-3-6-13/h1-3,5-6,8-9,12,15H,4,7,10-11,17H2. The van der Waals surface area contributed by atoms with E-state index in [1.807, 2.05) is 18.5 Å². The van der Waals surface area contributed by atoms with Crippen LogP contribution in [0.25, 0.3) is 0 Å². The fourth-order valence-electron chi connectivity index (χ4n) is 2.92. The van der Waals surface area contributed by atoms with Gasteiger partial charge in [0, 0.05) is 19.3 Å². The Kier molecular flexibility index (Phi) is 3.47. The highest BCUT2D eigenvalue weighted by atomic mass is 15.2. The van der Waals surface area contributed by atoms with Crippen LogP contribution in [0, 0.1) is 0 Å². The SMILES string of the molecule is NCc1ccncc1N1CCCC1c1ccccc1. The van der Waals surface area contributed by atoms with Crippen LogP contribution in [0.4, 0.5) is 5.69 Å². The van der Waals surface area contributed by atoms with Gasteiger partial charge >= 0.3 is 0 Å². The van der Waals surface area contributed by atoms with Gasteiger partial charge in [0.25, 0.3) is 0 Å². The molecule has 0 aliphatic carbocycles. The first kappa shape index (κ1) is 12.2. The Hall–Kier alpha value is -1.87. The van der Waals surface area contributed by atoms with Crippen LogP contribution >= 0.6 is 0 Å². The van der Waals surface area contributed by atoms with Crippen LogP contribution in [0.1, 0.15) is 30.0 Å². The summed E-state index contributed by atoms with van der Waals surface area (Å²) in [5, 5.41) is 0. The Balaban J connectivity index is 1.95. The lowest BCUT2D eigenvalue weighted by molar-refractivity contribution is 0.714. The van der Waals surface area contributed by atoms with E-state index >= 15 is 0 Å². The summed E-state index contributed by atoms with van der Waals surface area (Å²) in [4.78, 5) is 6.72. The first-order chi connectivity index (χ1) is 9.40. The van der Waals surface area contributed by atoms with Crippen molar-refractivity contribution in [2.75, 3.05) is 11.4 Å². The third kappa shape index (κ3) is 2.34. The molecule has 19 heavy (non-hydrogen) atoms. The maximum atomic E-state index is 5.85. The average Bonchev–Trinajstić information content (AvgIpc) is 2.97. The molecule has 1 aromatic carbocycles. The molecule has 0 saturated carbocycles. The Bertz CT molecular complexity index is 539. The Labute approximate surface area is 114 Å². The smallest absolute Gasteiger partial charge is 0.0603 e. The van der Waals surface area contributed by atoms with Gasteiger partial charge in [-0.3, -0.25) is 4.98 Å². The number of pyridine rings is 1.